The van der Waals surface area contributed by atoms with Crippen LogP contribution in [0.2, 0.25) is 0 Å². The summed E-state index contributed by atoms with van der Waals surface area (Å²) in [6.45, 7) is 3.80. The van der Waals surface area contributed by atoms with Crippen molar-refractivity contribution in [2.45, 2.75) is 39.2 Å². The molecule has 0 heterocycles. The Balaban J connectivity index is 0.00000288. The third-order valence-corrected chi connectivity index (χ3v) is 4.02. The molecule has 0 saturated heterocycles. The zero-order chi connectivity index (χ0) is 16.8. The van der Waals surface area contributed by atoms with Crippen molar-refractivity contribution >= 4 is 22.6 Å². The molecule has 0 aliphatic carbocycles. The molecule has 1 N–H and O–H groups in total. The molecule has 2 aromatic carbocycles. The van der Waals surface area contributed by atoms with E-state index in [4.69, 9.17) is 0 Å². The number of carboxylic acids is 1. The van der Waals surface area contributed by atoms with Crippen LogP contribution in [0.1, 0.15) is 32.3 Å². The number of carboxylic acid groups (broad SMARTS) is 1. The van der Waals surface area contributed by atoms with Crippen molar-refractivity contribution in [3.05, 3.63) is 48.0 Å². The minimum atomic E-state index is -1.25. The van der Waals surface area contributed by atoms with Gasteiger partial charge in [0, 0.05) is 5.92 Å². The molecule has 0 fully saturated rings. The molecule has 0 aromatic heterocycles. The Kier molecular flexibility index (Phi) is 8.46. The fourth-order valence-corrected chi connectivity index (χ4v) is 2.67. The average molecular weight is 335 g/mol. The van der Waals surface area contributed by atoms with E-state index in [1.807, 2.05) is 49.4 Å². The van der Waals surface area contributed by atoms with Crippen molar-refractivity contribution in [1.82, 2.24) is 5.32 Å². The molecule has 0 saturated carbocycles. The minimum absolute atomic E-state index is 0. The summed E-state index contributed by atoms with van der Waals surface area (Å²) in [5, 5.41) is 16.1. The van der Waals surface area contributed by atoms with E-state index in [-0.39, 0.29) is 47.8 Å². The van der Waals surface area contributed by atoms with E-state index >= 15 is 0 Å². The molecule has 0 aliphatic rings. The minimum Gasteiger partial charge on any atom is -0.548 e. The fourth-order valence-electron chi connectivity index (χ4n) is 2.67. The Labute approximate surface area is 164 Å². The van der Waals surface area contributed by atoms with E-state index in [9.17, 15) is 14.7 Å². The number of benzene rings is 2. The third kappa shape index (κ3) is 5.62. The topological polar surface area (TPSA) is 69.2 Å². The maximum absolute atomic E-state index is 12.0. The molecular weight excluding hydrogens is 313 g/mol. The number of rotatable bonds is 7. The van der Waals surface area contributed by atoms with Gasteiger partial charge in [-0.05, 0) is 29.2 Å². The first-order valence-corrected chi connectivity index (χ1v) is 8.00. The predicted octanol–water partition coefficient (Wildman–Crippen LogP) is -0.943. The summed E-state index contributed by atoms with van der Waals surface area (Å²) in [5.41, 5.74) is 0.862. The van der Waals surface area contributed by atoms with Gasteiger partial charge in [-0.2, -0.15) is 0 Å². The number of aliphatic carboxylic acids is 1. The van der Waals surface area contributed by atoms with Crippen molar-refractivity contribution in [3.63, 3.8) is 0 Å². The molecule has 2 atom stereocenters. The van der Waals surface area contributed by atoms with Crippen LogP contribution in [-0.4, -0.2) is 17.9 Å². The van der Waals surface area contributed by atoms with Crippen molar-refractivity contribution in [3.8, 4) is 0 Å². The van der Waals surface area contributed by atoms with Gasteiger partial charge in [0.1, 0.15) is 0 Å². The maximum Gasteiger partial charge on any atom is 1.00 e. The molecule has 24 heavy (non-hydrogen) atoms. The molecule has 0 spiro atoms. The molecule has 4 nitrogen and oxygen atoms in total. The first-order chi connectivity index (χ1) is 11.0. The largest absolute Gasteiger partial charge is 1.00 e. The van der Waals surface area contributed by atoms with Crippen molar-refractivity contribution in [1.29, 1.82) is 0 Å². The number of nitrogens with one attached hydrogen (secondary N) is 1. The first kappa shape index (κ1) is 20.7. The Morgan fingerprint density at radius 3 is 2.42 bits per heavy atom. The van der Waals surface area contributed by atoms with Crippen LogP contribution in [0.3, 0.4) is 0 Å². The average Bonchev–Trinajstić information content (AvgIpc) is 2.54. The molecule has 0 aliphatic heterocycles. The number of hydrogen-bond donors (Lipinski definition) is 1. The summed E-state index contributed by atoms with van der Waals surface area (Å²) < 4.78 is 0. The molecule has 2 unspecified atom stereocenters. The third-order valence-electron chi connectivity index (χ3n) is 4.02. The first-order valence-electron chi connectivity index (χ1n) is 8.00. The SMILES string of the molecule is CCCC(C)C(=O)NC(Cc1ccc2ccccc2c1)C(=O)[O-].[Na+]. The van der Waals surface area contributed by atoms with E-state index in [0.29, 0.717) is 0 Å². The molecular formula is C19H22NNaO3. The van der Waals surface area contributed by atoms with Gasteiger partial charge in [0.2, 0.25) is 5.91 Å². The van der Waals surface area contributed by atoms with Crippen LogP contribution >= 0.6 is 0 Å². The Bertz CT molecular complexity index is 702. The monoisotopic (exact) mass is 335 g/mol. The molecule has 0 bridgehead atoms. The van der Waals surface area contributed by atoms with Gasteiger partial charge in [0.25, 0.3) is 0 Å². The second-order valence-corrected chi connectivity index (χ2v) is 5.96. The molecule has 5 heteroatoms. The van der Waals surface area contributed by atoms with Crippen LogP contribution in [0.25, 0.3) is 10.8 Å². The molecule has 1 amide bonds. The van der Waals surface area contributed by atoms with E-state index in [1.165, 1.54) is 0 Å². The van der Waals surface area contributed by atoms with Crippen LogP contribution < -0.4 is 40.0 Å². The van der Waals surface area contributed by atoms with Gasteiger partial charge in [0.15, 0.2) is 0 Å². The number of carbonyl (C=O) groups excluding carboxylic acids is 2. The summed E-state index contributed by atoms with van der Waals surface area (Å²) in [4.78, 5) is 23.4. The van der Waals surface area contributed by atoms with Gasteiger partial charge in [-0.15, -0.1) is 0 Å². The maximum atomic E-state index is 12.0. The molecule has 2 aromatic rings. The van der Waals surface area contributed by atoms with Gasteiger partial charge in [0.05, 0.1) is 12.0 Å². The normalized spacial score (nSPS) is 12.9. The van der Waals surface area contributed by atoms with E-state index in [2.05, 4.69) is 5.32 Å². The Hall–Kier alpha value is -1.36. The summed E-state index contributed by atoms with van der Waals surface area (Å²) in [5.74, 6) is -1.68. The van der Waals surface area contributed by atoms with Gasteiger partial charge in [-0.25, -0.2) is 0 Å². The van der Waals surface area contributed by atoms with Crippen molar-refractivity contribution in [2.24, 2.45) is 5.92 Å². The van der Waals surface area contributed by atoms with Gasteiger partial charge in [-0.1, -0.05) is 62.7 Å². The van der Waals surface area contributed by atoms with Gasteiger partial charge < -0.3 is 15.2 Å². The Morgan fingerprint density at radius 2 is 1.79 bits per heavy atom. The summed E-state index contributed by atoms with van der Waals surface area (Å²) >= 11 is 0. The number of fused-ring (bicyclic) bond motifs is 1. The zero-order valence-electron chi connectivity index (χ0n) is 14.5. The fraction of sp³-hybridized carbons (Fsp3) is 0.368. The number of hydrogen-bond acceptors (Lipinski definition) is 3. The van der Waals surface area contributed by atoms with Crippen molar-refractivity contribution < 1.29 is 44.3 Å². The summed E-state index contributed by atoms with van der Waals surface area (Å²) in [6, 6.07) is 12.7. The smallest absolute Gasteiger partial charge is 0.548 e. The second kappa shape index (κ2) is 9.82. The van der Waals surface area contributed by atoms with E-state index < -0.39 is 12.0 Å². The quantitative estimate of drug-likeness (QED) is 0.664. The van der Waals surface area contributed by atoms with Crippen molar-refractivity contribution in [2.75, 3.05) is 0 Å². The zero-order valence-corrected chi connectivity index (χ0v) is 16.5. The number of carbonyl (C=O) groups is 2. The van der Waals surface area contributed by atoms with Crippen LogP contribution in [0.5, 0.6) is 0 Å². The molecule has 0 radical (unpaired) electrons. The van der Waals surface area contributed by atoms with Crippen LogP contribution in [-0.2, 0) is 16.0 Å². The van der Waals surface area contributed by atoms with Gasteiger partial charge >= 0.3 is 29.6 Å². The second-order valence-electron chi connectivity index (χ2n) is 5.96. The number of amides is 1. The van der Waals surface area contributed by atoms with Crippen LogP contribution in [0.15, 0.2) is 42.5 Å². The van der Waals surface area contributed by atoms with Gasteiger partial charge in [-0.3, -0.25) is 4.79 Å². The standard InChI is InChI=1S/C19H23NO3.Na/c1-3-6-13(2)18(21)20-17(19(22)23)12-14-9-10-15-7-4-5-8-16(15)11-14;/h4-5,7-11,13,17H,3,6,12H2,1-2H3,(H,20,21)(H,22,23);/q;+1/p-1. The Morgan fingerprint density at radius 1 is 1.12 bits per heavy atom. The van der Waals surface area contributed by atoms with E-state index in [0.717, 1.165) is 29.2 Å². The van der Waals surface area contributed by atoms with Crippen LogP contribution in [0, 0.1) is 5.92 Å². The van der Waals surface area contributed by atoms with E-state index in [1.54, 1.807) is 6.92 Å². The molecule has 2 rings (SSSR count). The van der Waals surface area contributed by atoms with Crippen LogP contribution in [0.4, 0.5) is 0 Å². The predicted molar refractivity (Wildman–Crippen MR) is 88.7 cm³/mol. The summed E-state index contributed by atoms with van der Waals surface area (Å²) in [6.07, 6.45) is 1.84. The summed E-state index contributed by atoms with van der Waals surface area (Å²) in [7, 11) is 0. The molecule has 122 valence electrons.